The van der Waals surface area contributed by atoms with Gasteiger partial charge in [0.25, 0.3) is 0 Å². The van der Waals surface area contributed by atoms with Crippen molar-refractivity contribution >= 4 is 17.5 Å². The van der Waals surface area contributed by atoms with E-state index in [1.165, 1.54) is 6.07 Å². The van der Waals surface area contributed by atoms with Gasteiger partial charge in [0.05, 0.1) is 12.5 Å². The van der Waals surface area contributed by atoms with E-state index < -0.39 is 5.82 Å². The predicted octanol–water partition coefficient (Wildman–Crippen LogP) is 3.19. The van der Waals surface area contributed by atoms with Gasteiger partial charge in [-0.25, -0.2) is 4.39 Å². The Labute approximate surface area is 129 Å². The van der Waals surface area contributed by atoms with Crippen LogP contribution in [0.5, 0.6) is 0 Å². The molecule has 2 aliphatic rings. The number of piperidine rings is 1. The molecule has 0 aromatic heterocycles. The van der Waals surface area contributed by atoms with E-state index >= 15 is 0 Å². The zero-order valence-electron chi connectivity index (χ0n) is 12.0. The number of halogens is 2. The normalized spacial score (nSPS) is 28.0. The van der Waals surface area contributed by atoms with Crippen molar-refractivity contribution in [1.82, 2.24) is 4.90 Å². The molecule has 0 spiro atoms. The maximum Gasteiger partial charge on any atom is 0.227 e. The van der Waals surface area contributed by atoms with E-state index in [2.05, 4.69) is 0 Å². The minimum atomic E-state index is -0.407. The summed E-state index contributed by atoms with van der Waals surface area (Å²) in [4.78, 5) is 14.5. The monoisotopic (exact) mass is 311 g/mol. The number of amides is 1. The zero-order chi connectivity index (χ0) is 15.0. The van der Waals surface area contributed by atoms with Crippen LogP contribution >= 0.6 is 11.6 Å². The van der Waals surface area contributed by atoms with Crippen LogP contribution in [0, 0.1) is 5.82 Å². The van der Waals surface area contributed by atoms with Crippen molar-refractivity contribution in [2.45, 2.75) is 50.3 Å². The van der Waals surface area contributed by atoms with Gasteiger partial charge in [0.1, 0.15) is 5.82 Å². The first kappa shape index (κ1) is 14.8. The summed E-state index contributed by atoms with van der Waals surface area (Å²) < 4.78 is 19.3. The lowest BCUT2D eigenvalue weighted by molar-refractivity contribution is -0.137. The van der Waals surface area contributed by atoms with Crippen molar-refractivity contribution in [2.75, 3.05) is 7.11 Å². The molecule has 0 aliphatic carbocycles. The maximum atomic E-state index is 13.8. The molecular formula is C16H19ClFNO2. The molecule has 2 aliphatic heterocycles. The quantitative estimate of drug-likeness (QED) is 0.858. The molecule has 3 rings (SSSR count). The molecule has 0 N–H and O–H groups in total. The van der Waals surface area contributed by atoms with Crippen molar-refractivity contribution in [3.05, 3.63) is 34.6 Å². The van der Waals surface area contributed by atoms with Crippen molar-refractivity contribution in [3.8, 4) is 0 Å². The highest BCUT2D eigenvalue weighted by Gasteiger charge is 2.43. The van der Waals surface area contributed by atoms with Crippen molar-refractivity contribution in [3.63, 3.8) is 0 Å². The second-order valence-corrected chi connectivity index (χ2v) is 6.30. The van der Waals surface area contributed by atoms with E-state index in [1.54, 1.807) is 19.2 Å². The number of rotatable bonds is 3. The van der Waals surface area contributed by atoms with Crippen molar-refractivity contribution < 1.29 is 13.9 Å². The maximum absolute atomic E-state index is 13.8. The Balaban J connectivity index is 1.75. The number of hydrogen-bond donors (Lipinski definition) is 0. The lowest BCUT2D eigenvalue weighted by Crippen LogP contribution is -2.49. The van der Waals surface area contributed by atoms with Crippen LogP contribution in [-0.4, -0.2) is 36.1 Å². The number of carbonyl (C=O) groups excluding carboxylic acids is 1. The van der Waals surface area contributed by atoms with Gasteiger partial charge >= 0.3 is 0 Å². The van der Waals surface area contributed by atoms with Gasteiger partial charge in [-0.15, -0.1) is 0 Å². The van der Waals surface area contributed by atoms with Gasteiger partial charge in [0.2, 0.25) is 5.91 Å². The zero-order valence-corrected chi connectivity index (χ0v) is 12.8. The second-order valence-electron chi connectivity index (χ2n) is 5.89. The molecule has 21 heavy (non-hydrogen) atoms. The Morgan fingerprint density at radius 2 is 2.05 bits per heavy atom. The van der Waals surface area contributed by atoms with Crippen LogP contribution in [0.15, 0.2) is 18.2 Å². The first-order valence-electron chi connectivity index (χ1n) is 7.37. The summed E-state index contributed by atoms with van der Waals surface area (Å²) in [5.41, 5.74) is 0.303. The third-order valence-electron chi connectivity index (χ3n) is 4.70. The van der Waals surface area contributed by atoms with Crippen LogP contribution in [-0.2, 0) is 16.0 Å². The SMILES string of the molecule is COC1C[C@H]2CC[C@@H](C1)N2C(=O)Cc1c(F)cccc1Cl. The lowest BCUT2D eigenvalue weighted by atomic mass is 9.98. The van der Waals surface area contributed by atoms with Gasteiger partial charge in [-0.3, -0.25) is 4.79 Å². The minimum absolute atomic E-state index is 0.0240. The molecule has 3 atom stereocenters. The third kappa shape index (κ3) is 2.79. The topological polar surface area (TPSA) is 29.5 Å². The van der Waals surface area contributed by atoms with Gasteiger partial charge < -0.3 is 9.64 Å². The summed E-state index contributed by atoms with van der Waals surface area (Å²) in [6.07, 6.45) is 4.07. The van der Waals surface area contributed by atoms with Crippen LogP contribution in [0.3, 0.4) is 0 Å². The molecular weight excluding hydrogens is 293 g/mol. The van der Waals surface area contributed by atoms with E-state index in [0.717, 1.165) is 25.7 Å². The average Bonchev–Trinajstić information content (AvgIpc) is 2.73. The largest absolute Gasteiger partial charge is 0.381 e. The van der Waals surface area contributed by atoms with E-state index in [4.69, 9.17) is 16.3 Å². The Kier molecular flexibility index (Phi) is 4.18. The van der Waals surface area contributed by atoms with Gasteiger partial charge in [0, 0.05) is 29.8 Å². The molecule has 114 valence electrons. The Morgan fingerprint density at radius 1 is 1.38 bits per heavy atom. The summed E-state index contributed by atoms with van der Waals surface area (Å²) in [5, 5.41) is 0.322. The number of benzene rings is 1. The highest BCUT2D eigenvalue weighted by atomic mass is 35.5. The van der Waals surface area contributed by atoms with Gasteiger partial charge in [0.15, 0.2) is 0 Å². The molecule has 1 aromatic carbocycles. The van der Waals surface area contributed by atoms with E-state index in [9.17, 15) is 9.18 Å². The van der Waals surface area contributed by atoms with Gasteiger partial charge in [-0.05, 0) is 37.8 Å². The molecule has 2 heterocycles. The minimum Gasteiger partial charge on any atom is -0.381 e. The van der Waals surface area contributed by atoms with E-state index in [1.807, 2.05) is 4.90 Å². The lowest BCUT2D eigenvalue weighted by Gasteiger charge is -2.38. The molecule has 2 fully saturated rings. The number of hydrogen-bond acceptors (Lipinski definition) is 2. The van der Waals surface area contributed by atoms with Crippen LogP contribution in [0.1, 0.15) is 31.2 Å². The number of ether oxygens (including phenoxy) is 1. The fraction of sp³-hybridized carbons (Fsp3) is 0.562. The molecule has 3 nitrogen and oxygen atoms in total. The summed E-state index contributed by atoms with van der Waals surface area (Å²) >= 11 is 6.02. The highest BCUT2D eigenvalue weighted by molar-refractivity contribution is 6.31. The van der Waals surface area contributed by atoms with Crippen LogP contribution in [0.4, 0.5) is 4.39 Å². The van der Waals surface area contributed by atoms with Crippen molar-refractivity contribution in [2.24, 2.45) is 0 Å². The van der Waals surface area contributed by atoms with E-state index in [0.29, 0.717) is 10.6 Å². The summed E-state index contributed by atoms with van der Waals surface area (Å²) in [6.45, 7) is 0. The van der Waals surface area contributed by atoms with Crippen molar-refractivity contribution in [1.29, 1.82) is 0 Å². The molecule has 2 saturated heterocycles. The summed E-state index contributed by atoms with van der Waals surface area (Å²) in [6, 6.07) is 4.98. The Hall–Kier alpha value is -1.13. The van der Waals surface area contributed by atoms with Crippen LogP contribution < -0.4 is 0 Å². The Morgan fingerprint density at radius 3 is 2.62 bits per heavy atom. The van der Waals surface area contributed by atoms with Gasteiger partial charge in [-0.2, -0.15) is 0 Å². The standard InChI is InChI=1S/C16H19ClFNO2/c1-21-12-7-10-5-6-11(8-12)19(10)16(20)9-13-14(17)3-2-4-15(13)18/h2-4,10-12H,5-9H2,1H3/t10-,11+,12?. The van der Waals surface area contributed by atoms with Crippen LogP contribution in [0.25, 0.3) is 0 Å². The highest BCUT2D eigenvalue weighted by Crippen LogP contribution is 2.37. The predicted molar refractivity (Wildman–Crippen MR) is 78.8 cm³/mol. The second kappa shape index (κ2) is 5.93. The molecule has 0 saturated carbocycles. The first-order chi connectivity index (χ1) is 10.1. The van der Waals surface area contributed by atoms with E-state index in [-0.39, 0.29) is 30.5 Å². The summed E-state index contributed by atoms with van der Waals surface area (Å²) in [7, 11) is 1.72. The molecule has 1 aromatic rings. The fourth-order valence-corrected chi connectivity index (χ4v) is 3.90. The smallest absolute Gasteiger partial charge is 0.227 e. The first-order valence-corrected chi connectivity index (χ1v) is 7.74. The molecule has 1 amide bonds. The number of methoxy groups -OCH3 is 1. The fourth-order valence-electron chi connectivity index (χ4n) is 3.67. The summed E-state index contributed by atoms with van der Waals surface area (Å²) in [5.74, 6) is -0.431. The third-order valence-corrected chi connectivity index (χ3v) is 5.05. The average molecular weight is 312 g/mol. The molecule has 1 unspecified atom stereocenters. The number of fused-ring (bicyclic) bond motifs is 2. The molecule has 0 radical (unpaired) electrons. The number of nitrogens with zero attached hydrogens (tertiary/aromatic N) is 1. The van der Waals surface area contributed by atoms with Gasteiger partial charge in [-0.1, -0.05) is 17.7 Å². The Bertz CT molecular complexity index is 517. The van der Waals surface area contributed by atoms with Crippen LogP contribution in [0.2, 0.25) is 5.02 Å². The molecule has 5 heteroatoms. The number of carbonyl (C=O) groups is 1. The molecule has 2 bridgehead atoms.